The standard InChI is InChI=1S/C23H20BrFN2O/c1-14-2-4-15(5-3-14)20-13-21(19-12-17(24)8-11-22(19)28)27-23(26-20)16-6-9-18(25)10-7-16/h2-13,21,23,26-28H,1H3. The topological polar surface area (TPSA) is 44.3 Å². The molecule has 1 aliphatic heterocycles. The van der Waals surface area contributed by atoms with Gasteiger partial charge in [-0.2, -0.15) is 0 Å². The molecule has 3 aromatic rings. The molecule has 2 unspecified atom stereocenters. The molecule has 0 aromatic heterocycles. The van der Waals surface area contributed by atoms with Crippen LogP contribution in [0.4, 0.5) is 4.39 Å². The first-order chi connectivity index (χ1) is 13.5. The van der Waals surface area contributed by atoms with Crippen LogP contribution in [0.2, 0.25) is 0 Å². The summed E-state index contributed by atoms with van der Waals surface area (Å²) in [5.74, 6) is -0.0463. The van der Waals surface area contributed by atoms with Crippen molar-refractivity contribution in [2.45, 2.75) is 19.1 Å². The minimum absolute atomic E-state index is 0.217. The third kappa shape index (κ3) is 3.96. The van der Waals surface area contributed by atoms with Gasteiger partial charge in [-0.3, -0.25) is 5.32 Å². The van der Waals surface area contributed by atoms with Gasteiger partial charge in [-0.05, 0) is 54.5 Å². The zero-order valence-corrected chi connectivity index (χ0v) is 16.9. The second-order valence-corrected chi connectivity index (χ2v) is 7.84. The SMILES string of the molecule is Cc1ccc(C2=CC(c3cc(Br)ccc3O)NC(c3ccc(F)cc3)N2)cc1. The number of halogens is 2. The minimum atomic E-state index is -0.268. The number of aryl methyl sites for hydroxylation is 1. The first kappa shape index (κ1) is 18.7. The Labute approximate surface area is 172 Å². The lowest BCUT2D eigenvalue weighted by Crippen LogP contribution is -2.39. The van der Waals surface area contributed by atoms with E-state index in [0.29, 0.717) is 0 Å². The molecule has 1 aliphatic rings. The highest BCUT2D eigenvalue weighted by Gasteiger charge is 2.25. The van der Waals surface area contributed by atoms with E-state index in [-0.39, 0.29) is 23.8 Å². The van der Waals surface area contributed by atoms with Crippen LogP contribution in [-0.2, 0) is 0 Å². The predicted molar refractivity (Wildman–Crippen MR) is 113 cm³/mol. The van der Waals surface area contributed by atoms with Gasteiger partial charge in [0, 0.05) is 15.7 Å². The van der Waals surface area contributed by atoms with E-state index in [1.807, 2.05) is 12.1 Å². The summed E-state index contributed by atoms with van der Waals surface area (Å²) in [6.45, 7) is 2.05. The summed E-state index contributed by atoms with van der Waals surface area (Å²) in [7, 11) is 0. The molecule has 0 aliphatic carbocycles. The molecule has 1 heterocycles. The van der Waals surface area contributed by atoms with E-state index in [1.165, 1.54) is 17.7 Å². The molecular formula is C23H20BrFN2O. The van der Waals surface area contributed by atoms with Crippen LogP contribution < -0.4 is 10.6 Å². The second kappa shape index (κ2) is 7.78. The van der Waals surface area contributed by atoms with Crippen LogP contribution in [0.15, 0.2) is 77.3 Å². The van der Waals surface area contributed by atoms with Gasteiger partial charge in [0.25, 0.3) is 0 Å². The molecule has 0 saturated carbocycles. The number of benzene rings is 3. The Morgan fingerprint density at radius 2 is 1.68 bits per heavy atom. The summed E-state index contributed by atoms with van der Waals surface area (Å²) in [6.07, 6.45) is 1.83. The van der Waals surface area contributed by atoms with Crippen LogP contribution in [0, 0.1) is 12.7 Å². The van der Waals surface area contributed by atoms with Crippen molar-refractivity contribution in [2.24, 2.45) is 0 Å². The number of phenols is 1. The second-order valence-electron chi connectivity index (χ2n) is 6.92. The van der Waals surface area contributed by atoms with E-state index >= 15 is 0 Å². The Balaban J connectivity index is 1.76. The summed E-state index contributed by atoms with van der Waals surface area (Å²) in [4.78, 5) is 0. The Hall–Kier alpha value is -2.63. The van der Waals surface area contributed by atoms with Gasteiger partial charge in [0.05, 0.1) is 6.04 Å². The number of aromatic hydroxyl groups is 1. The molecule has 5 heteroatoms. The molecule has 0 saturated heterocycles. The Morgan fingerprint density at radius 3 is 2.39 bits per heavy atom. The smallest absolute Gasteiger partial charge is 0.123 e. The maximum Gasteiger partial charge on any atom is 0.123 e. The van der Waals surface area contributed by atoms with Crippen molar-refractivity contribution in [1.29, 1.82) is 0 Å². The molecule has 0 amide bonds. The van der Waals surface area contributed by atoms with E-state index < -0.39 is 0 Å². The van der Waals surface area contributed by atoms with Crippen LogP contribution in [0.3, 0.4) is 0 Å². The minimum Gasteiger partial charge on any atom is -0.508 e. The van der Waals surface area contributed by atoms with E-state index in [0.717, 1.165) is 26.9 Å². The molecule has 3 nitrogen and oxygen atoms in total. The van der Waals surface area contributed by atoms with E-state index in [1.54, 1.807) is 18.2 Å². The van der Waals surface area contributed by atoms with Crippen molar-refractivity contribution >= 4 is 21.6 Å². The summed E-state index contributed by atoms with van der Waals surface area (Å²) in [5.41, 5.74) is 4.89. The third-order valence-electron chi connectivity index (χ3n) is 4.87. The number of hydrogen-bond donors (Lipinski definition) is 3. The van der Waals surface area contributed by atoms with Gasteiger partial charge in [-0.25, -0.2) is 4.39 Å². The zero-order chi connectivity index (χ0) is 19.7. The van der Waals surface area contributed by atoms with Crippen LogP contribution in [0.1, 0.15) is 34.5 Å². The molecule has 0 spiro atoms. The quantitative estimate of drug-likeness (QED) is 0.500. The van der Waals surface area contributed by atoms with Crippen molar-refractivity contribution < 1.29 is 9.50 Å². The molecular weight excluding hydrogens is 419 g/mol. The van der Waals surface area contributed by atoms with Crippen LogP contribution in [-0.4, -0.2) is 5.11 Å². The monoisotopic (exact) mass is 438 g/mol. The van der Waals surface area contributed by atoms with Crippen LogP contribution in [0.25, 0.3) is 5.70 Å². The maximum absolute atomic E-state index is 13.4. The molecule has 2 atom stereocenters. The average molecular weight is 439 g/mol. The highest BCUT2D eigenvalue weighted by molar-refractivity contribution is 9.10. The van der Waals surface area contributed by atoms with Crippen molar-refractivity contribution in [3.05, 3.63) is 105 Å². The lowest BCUT2D eigenvalue weighted by molar-refractivity contribution is 0.418. The van der Waals surface area contributed by atoms with Gasteiger partial charge >= 0.3 is 0 Å². The van der Waals surface area contributed by atoms with Gasteiger partial charge in [0.1, 0.15) is 17.7 Å². The van der Waals surface area contributed by atoms with Gasteiger partial charge in [0.2, 0.25) is 0 Å². The first-order valence-electron chi connectivity index (χ1n) is 9.05. The molecule has 3 N–H and O–H groups in total. The lowest BCUT2D eigenvalue weighted by atomic mass is 9.97. The Bertz CT molecular complexity index is 1020. The summed E-state index contributed by atoms with van der Waals surface area (Å²) in [5, 5.41) is 17.4. The van der Waals surface area contributed by atoms with Crippen molar-refractivity contribution in [3.63, 3.8) is 0 Å². The molecule has 142 valence electrons. The Kier molecular flexibility index (Phi) is 5.20. The first-order valence-corrected chi connectivity index (χ1v) is 9.84. The third-order valence-corrected chi connectivity index (χ3v) is 5.36. The predicted octanol–water partition coefficient (Wildman–Crippen LogP) is 5.58. The lowest BCUT2D eigenvalue weighted by Gasteiger charge is -2.33. The summed E-state index contributed by atoms with van der Waals surface area (Å²) < 4.78 is 14.3. The molecule has 3 aromatic carbocycles. The number of phenolic OH excluding ortho intramolecular Hbond substituents is 1. The highest BCUT2D eigenvalue weighted by atomic mass is 79.9. The summed E-state index contributed by atoms with van der Waals surface area (Å²) >= 11 is 3.48. The van der Waals surface area contributed by atoms with Crippen molar-refractivity contribution in [1.82, 2.24) is 10.6 Å². The van der Waals surface area contributed by atoms with E-state index in [4.69, 9.17) is 0 Å². The molecule has 0 radical (unpaired) electrons. The fraction of sp³-hybridized carbons (Fsp3) is 0.130. The molecule has 28 heavy (non-hydrogen) atoms. The molecule has 0 fully saturated rings. The van der Waals surface area contributed by atoms with Gasteiger partial charge in [-0.1, -0.05) is 57.9 Å². The van der Waals surface area contributed by atoms with E-state index in [2.05, 4.69) is 63.8 Å². The normalized spacial score (nSPS) is 19.0. The van der Waals surface area contributed by atoms with Gasteiger partial charge in [0.15, 0.2) is 0 Å². The summed E-state index contributed by atoms with van der Waals surface area (Å²) in [6, 6.07) is 19.9. The average Bonchev–Trinajstić information content (AvgIpc) is 2.70. The number of rotatable bonds is 3. The fourth-order valence-electron chi connectivity index (χ4n) is 3.34. The highest BCUT2D eigenvalue weighted by Crippen LogP contribution is 2.34. The molecule has 0 bridgehead atoms. The van der Waals surface area contributed by atoms with Crippen LogP contribution >= 0.6 is 15.9 Å². The van der Waals surface area contributed by atoms with Crippen molar-refractivity contribution in [3.8, 4) is 5.75 Å². The Morgan fingerprint density at radius 1 is 0.964 bits per heavy atom. The maximum atomic E-state index is 13.4. The number of nitrogens with one attached hydrogen (secondary N) is 2. The van der Waals surface area contributed by atoms with Crippen molar-refractivity contribution in [2.75, 3.05) is 0 Å². The zero-order valence-electron chi connectivity index (χ0n) is 15.3. The van der Waals surface area contributed by atoms with Gasteiger partial charge < -0.3 is 10.4 Å². The van der Waals surface area contributed by atoms with E-state index in [9.17, 15) is 9.50 Å². The largest absolute Gasteiger partial charge is 0.508 e. The fourth-order valence-corrected chi connectivity index (χ4v) is 3.72. The molecule has 4 rings (SSSR count). The number of hydrogen-bond acceptors (Lipinski definition) is 3. The van der Waals surface area contributed by atoms with Crippen LogP contribution in [0.5, 0.6) is 5.75 Å². The van der Waals surface area contributed by atoms with Gasteiger partial charge in [-0.15, -0.1) is 0 Å².